The first-order valence-electron chi connectivity index (χ1n) is 11.4. The molecule has 6 nitrogen and oxygen atoms in total. The molecule has 2 atom stereocenters. The fraction of sp³-hybridized carbons (Fsp3) is 0.308. The van der Waals surface area contributed by atoms with E-state index >= 15 is 0 Å². The number of amides is 1. The number of guanidine groups is 1. The van der Waals surface area contributed by atoms with Gasteiger partial charge in [0, 0.05) is 25.7 Å². The number of rotatable bonds is 8. The zero-order chi connectivity index (χ0) is 24.1. The van der Waals surface area contributed by atoms with Crippen molar-refractivity contribution in [1.29, 1.82) is 0 Å². The number of benzene rings is 3. The Kier molecular flexibility index (Phi) is 7.37. The van der Waals surface area contributed by atoms with Crippen molar-refractivity contribution in [2.45, 2.75) is 37.9 Å². The van der Waals surface area contributed by atoms with Gasteiger partial charge in [0.05, 0.1) is 6.04 Å². The van der Waals surface area contributed by atoms with Crippen molar-refractivity contribution in [1.82, 2.24) is 10.2 Å². The number of halogens is 2. The minimum Gasteiger partial charge on any atom is -0.370 e. The molecule has 8 heteroatoms. The van der Waals surface area contributed by atoms with E-state index in [0.717, 1.165) is 41.3 Å². The Balaban J connectivity index is 1.51. The molecule has 0 spiro atoms. The van der Waals surface area contributed by atoms with Crippen LogP contribution in [-0.2, 0) is 17.8 Å². The molecule has 34 heavy (non-hydrogen) atoms. The van der Waals surface area contributed by atoms with Crippen LogP contribution in [0.2, 0.25) is 0 Å². The molecule has 3 aromatic carbocycles. The third kappa shape index (κ3) is 5.88. The first kappa shape index (κ1) is 23.6. The van der Waals surface area contributed by atoms with Crippen LogP contribution in [0, 0.1) is 11.6 Å². The van der Waals surface area contributed by atoms with Crippen LogP contribution in [-0.4, -0.2) is 41.9 Å². The van der Waals surface area contributed by atoms with Crippen LogP contribution >= 0.6 is 0 Å². The summed E-state index contributed by atoms with van der Waals surface area (Å²) in [6.45, 7) is 1.19. The summed E-state index contributed by atoms with van der Waals surface area (Å²) in [7, 11) is 0. The average molecular weight is 466 g/mol. The second-order valence-corrected chi connectivity index (χ2v) is 8.72. The minimum atomic E-state index is -0.915. The van der Waals surface area contributed by atoms with Gasteiger partial charge in [0.15, 0.2) is 17.6 Å². The molecule has 1 heterocycles. The van der Waals surface area contributed by atoms with E-state index in [4.69, 9.17) is 11.5 Å². The largest absolute Gasteiger partial charge is 0.370 e. The van der Waals surface area contributed by atoms with Gasteiger partial charge in [0.1, 0.15) is 0 Å². The molecule has 1 fully saturated rings. The first-order chi connectivity index (χ1) is 16.4. The van der Waals surface area contributed by atoms with Crippen LogP contribution in [0.25, 0.3) is 10.8 Å². The van der Waals surface area contributed by atoms with Gasteiger partial charge in [-0.2, -0.15) is 0 Å². The third-order valence-corrected chi connectivity index (χ3v) is 6.10. The first-order valence-corrected chi connectivity index (χ1v) is 11.4. The lowest BCUT2D eigenvalue weighted by Gasteiger charge is -2.39. The standard InChI is InChI=1S/C26H29F2N5O/c27-22-10-8-18(13-23(22)28)15-33-16-21(6-3-11-31-26(29)30)32-24(25(33)34)14-17-7-9-19-4-1-2-5-20(19)12-17/h1-2,4-5,7-10,12-13,21,24,32H,3,6,11,14-16H2,(H4,29,30,31)/t21-,24-/m1/s1. The molecule has 1 aliphatic rings. The topological polar surface area (TPSA) is 96.7 Å². The maximum Gasteiger partial charge on any atom is 0.240 e. The molecule has 1 aliphatic heterocycles. The normalized spacial score (nSPS) is 18.3. The lowest BCUT2D eigenvalue weighted by molar-refractivity contribution is -0.137. The number of nitrogens with two attached hydrogens (primary N) is 2. The number of carbonyl (C=O) groups is 1. The van der Waals surface area contributed by atoms with Gasteiger partial charge < -0.3 is 21.7 Å². The number of hydrogen-bond donors (Lipinski definition) is 3. The molecule has 5 N–H and O–H groups in total. The molecule has 0 bridgehead atoms. The quantitative estimate of drug-likeness (QED) is 0.271. The maximum atomic E-state index is 13.7. The smallest absolute Gasteiger partial charge is 0.240 e. The summed E-state index contributed by atoms with van der Waals surface area (Å²) in [5.41, 5.74) is 12.4. The summed E-state index contributed by atoms with van der Waals surface area (Å²) in [6.07, 6.45) is 2.06. The van der Waals surface area contributed by atoms with Crippen LogP contribution in [0.4, 0.5) is 8.78 Å². The number of piperazine rings is 1. The highest BCUT2D eigenvalue weighted by Gasteiger charge is 2.33. The molecule has 1 saturated heterocycles. The zero-order valence-electron chi connectivity index (χ0n) is 18.9. The van der Waals surface area contributed by atoms with Gasteiger partial charge in [0.25, 0.3) is 0 Å². The second kappa shape index (κ2) is 10.6. The molecule has 0 unspecified atom stereocenters. The Labute approximate surface area is 197 Å². The maximum absolute atomic E-state index is 13.7. The molecule has 0 radical (unpaired) electrons. The van der Waals surface area contributed by atoms with Gasteiger partial charge in [-0.05, 0) is 53.3 Å². The van der Waals surface area contributed by atoms with Gasteiger partial charge >= 0.3 is 0 Å². The molecule has 4 rings (SSSR count). The fourth-order valence-corrected chi connectivity index (χ4v) is 4.45. The molecule has 0 saturated carbocycles. The molecule has 0 aromatic heterocycles. The van der Waals surface area contributed by atoms with E-state index in [1.807, 2.05) is 18.2 Å². The molecule has 0 aliphatic carbocycles. The molecular weight excluding hydrogens is 436 g/mol. The highest BCUT2D eigenvalue weighted by atomic mass is 19.2. The van der Waals surface area contributed by atoms with Crippen molar-refractivity contribution in [3.8, 4) is 0 Å². The zero-order valence-corrected chi connectivity index (χ0v) is 18.9. The molecular formula is C26H29F2N5O. The highest BCUT2D eigenvalue weighted by molar-refractivity contribution is 5.85. The van der Waals surface area contributed by atoms with Gasteiger partial charge in [-0.1, -0.05) is 48.5 Å². The van der Waals surface area contributed by atoms with Crippen molar-refractivity contribution in [3.63, 3.8) is 0 Å². The van der Waals surface area contributed by atoms with Gasteiger partial charge in [-0.15, -0.1) is 0 Å². The number of carbonyl (C=O) groups excluding carboxylic acids is 1. The number of aliphatic imine (C=N–C) groups is 1. The van der Waals surface area contributed by atoms with Gasteiger partial charge in [0.2, 0.25) is 5.91 Å². The minimum absolute atomic E-state index is 0.0302. The number of fused-ring (bicyclic) bond motifs is 1. The summed E-state index contributed by atoms with van der Waals surface area (Å²) in [4.78, 5) is 19.1. The van der Waals surface area contributed by atoms with Crippen LogP contribution in [0.15, 0.2) is 65.7 Å². The Morgan fingerprint density at radius 2 is 1.76 bits per heavy atom. The predicted molar refractivity (Wildman–Crippen MR) is 130 cm³/mol. The van der Waals surface area contributed by atoms with Crippen LogP contribution < -0.4 is 16.8 Å². The highest BCUT2D eigenvalue weighted by Crippen LogP contribution is 2.21. The lowest BCUT2D eigenvalue weighted by Crippen LogP contribution is -2.60. The van der Waals surface area contributed by atoms with E-state index in [0.29, 0.717) is 25.1 Å². The Hall–Kier alpha value is -3.52. The van der Waals surface area contributed by atoms with Crippen molar-refractivity contribution in [2.75, 3.05) is 13.1 Å². The van der Waals surface area contributed by atoms with Gasteiger partial charge in [-0.3, -0.25) is 9.79 Å². The van der Waals surface area contributed by atoms with E-state index in [-0.39, 0.29) is 24.5 Å². The number of nitrogens with zero attached hydrogens (tertiary/aromatic N) is 2. The second-order valence-electron chi connectivity index (χ2n) is 8.72. The van der Waals surface area contributed by atoms with Crippen molar-refractivity contribution in [3.05, 3.63) is 83.4 Å². The number of nitrogens with one attached hydrogen (secondary N) is 1. The van der Waals surface area contributed by atoms with E-state index in [2.05, 4.69) is 34.6 Å². The van der Waals surface area contributed by atoms with Crippen molar-refractivity contribution in [2.24, 2.45) is 16.5 Å². The lowest BCUT2D eigenvalue weighted by atomic mass is 9.96. The fourth-order valence-electron chi connectivity index (χ4n) is 4.45. The summed E-state index contributed by atoms with van der Waals surface area (Å²) in [5.74, 6) is -1.82. The van der Waals surface area contributed by atoms with Crippen LogP contribution in [0.5, 0.6) is 0 Å². The summed E-state index contributed by atoms with van der Waals surface area (Å²) < 4.78 is 27.1. The van der Waals surface area contributed by atoms with Crippen LogP contribution in [0.3, 0.4) is 0 Å². The Morgan fingerprint density at radius 1 is 1.00 bits per heavy atom. The van der Waals surface area contributed by atoms with E-state index in [9.17, 15) is 13.6 Å². The monoisotopic (exact) mass is 465 g/mol. The summed E-state index contributed by atoms with van der Waals surface area (Å²) >= 11 is 0. The van der Waals surface area contributed by atoms with E-state index < -0.39 is 17.7 Å². The van der Waals surface area contributed by atoms with Crippen LogP contribution in [0.1, 0.15) is 24.0 Å². The SMILES string of the molecule is NC(N)=NCCC[C@@H]1CN(Cc2ccc(F)c(F)c2)C(=O)[C@@H](Cc2ccc3ccccc3c2)N1. The van der Waals surface area contributed by atoms with E-state index in [1.165, 1.54) is 6.07 Å². The average Bonchev–Trinajstić information content (AvgIpc) is 2.82. The van der Waals surface area contributed by atoms with Crippen molar-refractivity contribution < 1.29 is 13.6 Å². The number of hydrogen-bond acceptors (Lipinski definition) is 3. The van der Waals surface area contributed by atoms with Gasteiger partial charge in [-0.25, -0.2) is 8.78 Å². The van der Waals surface area contributed by atoms with Crippen molar-refractivity contribution >= 4 is 22.6 Å². The Morgan fingerprint density at radius 3 is 2.53 bits per heavy atom. The molecule has 3 aromatic rings. The summed E-state index contributed by atoms with van der Waals surface area (Å²) in [6, 6.07) is 17.7. The molecule has 178 valence electrons. The summed E-state index contributed by atoms with van der Waals surface area (Å²) in [5, 5.41) is 5.75. The predicted octanol–water partition coefficient (Wildman–Crippen LogP) is 3.08. The third-order valence-electron chi connectivity index (χ3n) is 6.10. The Bertz CT molecular complexity index is 1190. The van der Waals surface area contributed by atoms with E-state index in [1.54, 1.807) is 4.90 Å². The molecule has 1 amide bonds.